The van der Waals surface area contributed by atoms with Crippen molar-refractivity contribution in [3.8, 4) is 17.4 Å². The highest BCUT2D eigenvalue weighted by atomic mass is 35.5. The number of pyridine rings is 1. The van der Waals surface area contributed by atoms with E-state index in [4.69, 9.17) is 25.8 Å². The number of carbonyl (C=O) groups is 1. The van der Waals surface area contributed by atoms with Gasteiger partial charge in [0.1, 0.15) is 21.4 Å². The van der Waals surface area contributed by atoms with Gasteiger partial charge in [-0.25, -0.2) is 18.1 Å². The van der Waals surface area contributed by atoms with Gasteiger partial charge in [0.25, 0.3) is 15.9 Å². The number of sulfonamides is 1. The van der Waals surface area contributed by atoms with Crippen molar-refractivity contribution in [1.82, 2.24) is 19.9 Å². The van der Waals surface area contributed by atoms with E-state index < -0.39 is 15.9 Å². The molecule has 12 heteroatoms. The number of fused-ring (bicyclic) bond motifs is 1. The summed E-state index contributed by atoms with van der Waals surface area (Å²) in [6.07, 6.45) is 4.45. The molecule has 2 aromatic heterocycles. The second-order valence-electron chi connectivity index (χ2n) is 8.44. The van der Waals surface area contributed by atoms with E-state index in [0.717, 1.165) is 24.6 Å². The van der Waals surface area contributed by atoms with Gasteiger partial charge in [-0.1, -0.05) is 29.8 Å². The van der Waals surface area contributed by atoms with Gasteiger partial charge >= 0.3 is 0 Å². The van der Waals surface area contributed by atoms with Crippen LogP contribution in [0.5, 0.6) is 17.4 Å². The number of hydrogen-bond acceptors (Lipinski definition) is 8. The van der Waals surface area contributed by atoms with Crippen molar-refractivity contribution >= 4 is 38.4 Å². The van der Waals surface area contributed by atoms with Crippen molar-refractivity contribution in [3.05, 3.63) is 71.5 Å². The molecule has 0 aliphatic carbocycles. The Hall–Kier alpha value is -3.67. The van der Waals surface area contributed by atoms with E-state index in [9.17, 15) is 13.2 Å². The van der Waals surface area contributed by atoms with E-state index in [0.29, 0.717) is 36.9 Å². The molecule has 0 atom stereocenters. The quantitative estimate of drug-likeness (QED) is 0.336. The normalized spacial score (nSPS) is 14.4. The number of halogens is 1. The van der Waals surface area contributed by atoms with Crippen LogP contribution in [0.25, 0.3) is 10.9 Å². The molecule has 0 radical (unpaired) electrons. The van der Waals surface area contributed by atoms with Crippen LogP contribution in [0.15, 0.2) is 65.8 Å². The van der Waals surface area contributed by atoms with Crippen LogP contribution < -0.4 is 14.2 Å². The largest absolute Gasteiger partial charge is 0.476 e. The molecule has 5 rings (SSSR count). The number of aromatic amines is 1. The fourth-order valence-electron chi connectivity index (χ4n) is 3.90. The zero-order valence-electron chi connectivity index (χ0n) is 19.5. The van der Waals surface area contributed by atoms with Gasteiger partial charge in [-0.15, -0.1) is 0 Å². The van der Waals surface area contributed by atoms with E-state index in [1.165, 1.54) is 12.1 Å². The summed E-state index contributed by atoms with van der Waals surface area (Å²) < 4.78 is 45.0. The third kappa shape index (κ3) is 5.68. The monoisotopic (exact) mass is 542 g/mol. The van der Waals surface area contributed by atoms with Crippen LogP contribution in [0, 0.1) is 5.92 Å². The highest BCUT2D eigenvalue weighted by Gasteiger charge is 2.24. The van der Waals surface area contributed by atoms with Crippen molar-refractivity contribution in [2.75, 3.05) is 19.8 Å². The Bertz CT molecular complexity index is 1540. The maximum atomic E-state index is 13.0. The lowest BCUT2D eigenvalue weighted by atomic mass is 10.0. The zero-order valence-corrected chi connectivity index (χ0v) is 21.1. The molecule has 1 fully saturated rings. The van der Waals surface area contributed by atoms with E-state index in [2.05, 4.69) is 19.9 Å². The number of ether oxygens (including phenoxy) is 3. The fraction of sp³-hybridized carbons (Fsp3) is 0.240. The summed E-state index contributed by atoms with van der Waals surface area (Å²) in [6, 6.07) is 12.9. The summed E-state index contributed by atoms with van der Waals surface area (Å²) >= 11 is 6.24. The van der Waals surface area contributed by atoms with Gasteiger partial charge in [-0.3, -0.25) is 9.89 Å². The van der Waals surface area contributed by atoms with Gasteiger partial charge < -0.3 is 14.2 Å². The Morgan fingerprint density at radius 1 is 1.11 bits per heavy atom. The lowest BCUT2D eigenvalue weighted by molar-refractivity contribution is 0.0490. The van der Waals surface area contributed by atoms with Crippen molar-refractivity contribution < 1.29 is 27.4 Å². The van der Waals surface area contributed by atoms with E-state index in [1.807, 2.05) is 6.07 Å². The smallest absolute Gasteiger partial charge is 0.268 e. The fourth-order valence-corrected chi connectivity index (χ4v) is 5.12. The second kappa shape index (κ2) is 10.8. The SMILES string of the molecule is O=C(NS(=O)(=O)c1cnc(OCC2CCOCC2)c(Cl)c1)c1ccccc1Oc1cccc2[nH]ncc12. The van der Waals surface area contributed by atoms with Crippen LogP contribution in [0.3, 0.4) is 0 Å². The molecule has 2 N–H and O–H groups in total. The molecule has 0 saturated carbocycles. The lowest BCUT2D eigenvalue weighted by Crippen LogP contribution is -2.31. The van der Waals surface area contributed by atoms with Gasteiger partial charge in [0.2, 0.25) is 5.88 Å². The predicted molar refractivity (Wildman–Crippen MR) is 136 cm³/mol. The number of benzene rings is 2. The summed E-state index contributed by atoms with van der Waals surface area (Å²) in [5, 5.41) is 7.58. The van der Waals surface area contributed by atoms with Crippen LogP contribution in [-0.2, 0) is 14.8 Å². The number of aromatic nitrogens is 3. The number of para-hydroxylation sites is 1. The number of H-pyrrole nitrogens is 1. The molecule has 0 spiro atoms. The Morgan fingerprint density at radius 3 is 2.70 bits per heavy atom. The highest BCUT2D eigenvalue weighted by Crippen LogP contribution is 2.31. The molecule has 1 aliphatic rings. The minimum absolute atomic E-state index is 0.0272. The first kappa shape index (κ1) is 25.0. The standard InChI is InChI=1S/C25H23ClN4O6S/c26-20-12-17(13-27-25(20)35-15-16-8-10-34-11-9-16)37(32,33)30-24(31)18-4-1-2-6-22(18)36-23-7-3-5-21-19(23)14-28-29-21/h1-7,12-14,16H,8-11,15H2,(H,28,29)(H,30,31). The Balaban J connectivity index is 1.31. The first-order chi connectivity index (χ1) is 17.9. The van der Waals surface area contributed by atoms with Gasteiger partial charge in [-0.05, 0) is 49.1 Å². The maximum absolute atomic E-state index is 13.0. The molecule has 4 aromatic rings. The average molecular weight is 543 g/mol. The summed E-state index contributed by atoms with van der Waals surface area (Å²) in [6.45, 7) is 1.76. The molecule has 1 saturated heterocycles. The molecule has 37 heavy (non-hydrogen) atoms. The predicted octanol–water partition coefficient (Wildman–Crippen LogP) is 4.33. The Labute approximate surface area is 218 Å². The Morgan fingerprint density at radius 2 is 1.89 bits per heavy atom. The van der Waals surface area contributed by atoms with Gasteiger partial charge in [-0.2, -0.15) is 5.10 Å². The van der Waals surface area contributed by atoms with Gasteiger partial charge in [0, 0.05) is 13.2 Å². The minimum atomic E-state index is -4.29. The van der Waals surface area contributed by atoms with Crippen LogP contribution in [0.2, 0.25) is 5.02 Å². The number of hydrogen-bond donors (Lipinski definition) is 2. The molecule has 10 nitrogen and oxygen atoms in total. The van der Waals surface area contributed by atoms with Crippen LogP contribution in [0.1, 0.15) is 23.2 Å². The van der Waals surface area contributed by atoms with Crippen molar-refractivity contribution in [2.24, 2.45) is 5.92 Å². The average Bonchev–Trinajstić information content (AvgIpc) is 3.39. The van der Waals surface area contributed by atoms with Crippen molar-refractivity contribution in [2.45, 2.75) is 17.7 Å². The molecule has 192 valence electrons. The third-order valence-corrected chi connectivity index (χ3v) is 7.48. The molecule has 0 bridgehead atoms. The molecule has 1 amide bonds. The molecule has 2 aromatic carbocycles. The number of amides is 1. The van der Waals surface area contributed by atoms with Crippen LogP contribution in [-0.4, -0.2) is 49.3 Å². The number of nitrogens with one attached hydrogen (secondary N) is 2. The van der Waals surface area contributed by atoms with E-state index in [1.54, 1.807) is 36.5 Å². The van der Waals surface area contributed by atoms with Crippen molar-refractivity contribution in [1.29, 1.82) is 0 Å². The molecule has 0 unspecified atom stereocenters. The summed E-state index contributed by atoms with van der Waals surface area (Å²) in [5.74, 6) is 0.215. The maximum Gasteiger partial charge on any atom is 0.268 e. The third-order valence-electron chi connectivity index (χ3n) is 5.91. The molecule has 1 aliphatic heterocycles. The van der Waals surface area contributed by atoms with Crippen LogP contribution in [0.4, 0.5) is 0 Å². The van der Waals surface area contributed by atoms with Crippen LogP contribution >= 0.6 is 11.6 Å². The lowest BCUT2D eigenvalue weighted by Gasteiger charge is -2.22. The highest BCUT2D eigenvalue weighted by molar-refractivity contribution is 7.90. The first-order valence-electron chi connectivity index (χ1n) is 11.5. The minimum Gasteiger partial charge on any atom is -0.476 e. The summed E-state index contributed by atoms with van der Waals surface area (Å²) in [4.78, 5) is 16.8. The number of rotatable bonds is 8. The second-order valence-corrected chi connectivity index (χ2v) is 10.5. The van der Waals surface area contributed by atoms with E-state index >= 15 is 0 Å². The summed E-state index contributed by atoms with van der Waals surface area (Å²) in [7, 11) is -4.29. The topological polar surface area (TPSA) is 132 Å². The molecular formula is C25H23ClN4O6S. The Kier molecular flexibility index (Phi) is 7.26. The van der Waals surface area contributed by atoms with E-state index in [-0.39, 0.29) is 27.1 Å². The first-order valence-corrected chi connectivity index (χ1v) is 13.4. The van der Waals surface area contributed by atoms with Gasteiger partial charge in [0.15, 0.2) is 0 Å². The van der Waals surface area contributed by atoms with Crippen molar-refractivity contribution in [3.63, 3.8) is 0 Å². The summed E-state index contributed by atoms with van der Waals surface area (Å²) in [5.41, 5.74) is 0.786. The number of nitrogens with zero attached hydrogens (tertiary/aromatic N) is 2. The van der Waals surface area contributed by atoms with Gasteiger partial charge in [0.05, 0.1) is 35.5 Å². The zero-order chi connectivity index (χ0) is 25.8. The molecule has 3 heterocycles. The molecular weight excluding hydrogens is 520 g/mol. The number of carbonyl (C=O) groups excluding carboxylic acids is 1.